The van der Waals surface area contributed by atoms with Crippen LogP contribution in [-0.4, -0.2) is 36.4 Å². The van der Waals surface area contributed by atoms with Gasteiger partial charge in [-0.15, -0.1) is 0 Å². The number of hydrogen-bond donors (Lipinski definition) is 1. The van der Waals surface area contributed by atoms with Crippen LogP contribution in [0, 0.1) is 23.1 Å². The minimum Gasteiger partial charge on any atom is -0.489 e. The molecule has 172 valence electrons. The van der Waals surface area contributed by atoms with Crippen molar-refractivity contribution in [1.29, 1.82) is 5.26 Å². The van der Waals surface area contributed by atoms with E-state index < -0.39 is 11.5 Å². The van der Waals surface area contributed by atoms with Gasteiger partial charge in [0.2, 0.25) is 11.7 Å². The predicted octanol–water partition coefficient (Wildman–Crippen LogP) is 4.07. The van der Waals surface area contributed by atoms with Gasteiger partial charge < -0.3 is 15.2 Å². The monoisotopic (exact) mass is 450 g/mol. The van der Waals surface area contributed by atoms with E-state index in [-0.39, 0.29) is 29.1 Å². The molecule has 3 unspecified atom stereocenters. The van der Waals surface area contributed by atoms with Gasteiger partial charge in [-0.3, -0.25) is 0 Å². The first-order chi connectivity index (χ1) is 15.7. The van der Waals surface area contributed by atoms with Crippen molar-refractivity contribution in [2.45, 2.75) is 50.5 Å². The molecule has 0 aliphatic carbocycles. The Labute approximate surface area is 192 Å². The third-order valence-corrected chi connectivity index (χ3v) is 6.68. The van der Waals surface area contributed by atoms with Crippen LogP contribution >= 0.6 is 0 Å². The lowest BCUT2D eigenvalue weighted by molar-refractivity contribution is -0.198. The van der Waals surface area contributed by atoms with Crippen LogP contribution in [0.4, 0.5) is 4.39 Å². The highest BCUT2D eigenvalue weighted by molar-refractivity contribution is 5.79. The van der Waals surface area contributed by atoms with Gasteiger partial charge in [-0.25, -0.2) is 19.3 Å². The number of ether oxygens (including phenoxy) is 2. The summed E-state index contributed by atoms with van der Waals surface area (Å²) in [6.07, 6.45) is 2.15. The number of hydroxylamine groups is 2. The summed E-state index contributed by atoms with van der Waals surface area (Å²) in [6.45, 7) is 4.88. The van der Waals surface area contributed by atoms with Crippen LogP contribution in [-0.2, 0) is 15.3 Å². The Kier molecular flexibility index (Phi) is 5.07. The summed E-state index contributed by atoms with van der Waals surface area (Å²) >= 11 is 0. The maximum atomic E-state index is 14.1. The standard InChI is InChI=1S/C25H27FN4O3/c1-24(2)12-17(6-7-31-24)22-13-25(29-23(28)30(3)33-25)20-11-16(4-5-21(20)32-22)18-8-15(14-27)9-19(26)10-18/h4-5,8-11,17,22H,6-7,12-13H2,1-3H3,(H2,28,29). The van der Waals surface area contributed by atoms with E-state index in [1.807, 2.05) is 24.3 Å². The largest absolute Gasteiger partial charge is 0.489 e. The smallest absolute Gasteiger partial charge is 0.221 e. The van der Waals surface area contributed by atoms with Crippen LogP contribution in [0.3, 0.4) is 0 Å². The molecule has 3 aliphatic rings. The molecule has 2 aromatic rings. The number of aliphatic imine (C=N–C) groups is 1. The van der Waals surface area contributed by atoms with Crippen LogP contribution in [0.1, 0.15) is 44.2 Å². The lowest BCUT2D eigenvalue weighted by Crippen LogP contribution is -2.46. The van der Waals surface area contributed by atoms with E-state index in [1.165, 1.54) is 17.2 Å². The van der Waals surface area contributed by atoms with Gasteiger partial charge in [0.1, 0.15) is 17.7 Å². The zero-order valence-electron chi connectivity index (χ0n) is 19.0. The fourth-order valence-electron chi connectivity index (χ4n) is 5.13. The van der Waals surface area contributed by atoms with Gasteiger partial charge in [0.05, 0.1) is 22.8 Å². The lowest BCUT2D eigenvalue weighted by atomic mass is 9.79. The van der Waals surface area contributed by atoms with E-state index in [4.69, 9.17) is 25.0 Å². The first-order valence-electron chi connectivity index (χ1n) is 11.1. The molecule has 3 aliphatic heterocycles. The molecule has 33 heavy (non-hydrogen) atoms. The number of halogens is 1. The molecule has 0 amide bonds. The van der Waals surface area contributed by atoms with Crippen LogP contribution in [0.15, 0.2) is 41.4 Å². The van der Waals surface area contributed by atoms with Crippen LogP contribution in [0.25, 0.3) is 11.1 Å². The summed E-state index contributed by atoms with van der Waals surface area (Å²) in [6, 6.07) is 11.9. The summed E-state index contributed by atoms with van der Waals surface area (Å²) in [5.41, 5.74) is 7.21. The number of nitrogens with two attached hydrogens (primary N) is 1. The molecular formula is C25H27FN4O3. The Bertz CT molecular complexity index is 1170. The van der Waals surface area contributed by atoms with Crippen molar-refractivity contribution in [2.24, 2.45) is 16.6 Å². The highest BCUT2D eigenvalue weighted by atomic mass is 19.1. The zero-order valence-corrected chi connectivity index (χ0v) is 19.0. The number of nitrogens with zero attached hydrogens (tertiary/aromatic N) is 3. The number of rotatable bonds is 2. The highest BCUT2D eigenvalue weighted by Gasteiger charge is 2.51. The van der Waals surface area contributed by atoms with Crippen LogP contribution in [0.2, 0.25) is 0 Å². The van der Waals surface area contributed by atoms with Crippen LogP contribution < -0.4 is 10.5 Å². The van der Waals surface area contributed by atoms with Crippen molar-refractivity contribution in [2.75, 3.05) is 13.7 Å². The average molecular weight is 451 g/mol. The molecule has 0 saturated carbocycles. The lowest BCUT2D eigenvalue weighted by Gasteiger charge is -2.44. The third kappa shape index (κ3) is 3.92. The second-order valence-electron chi connectivity index (χ2n) is 9.62. The van der Waals surface area contributed by atoms with Gasteiger partial charge >= 0.3 is 0 Å². The Morgan fingerprint density at radius 1 is 1.18 bits per heavy atom. The predicted molar refractivity (Wildman–Crippen MR) is 120 cm³/mol. The quantitative estimate of drug-likeness (QED) is 0.742. The van der Waals surface area contributed by atoms with E-state index in [2.05, 4.69) is 13.8 Å². The molecule has 1 fully saturated rings. The summed E-state index contributed by atoms with van der Waals surface area (Å²) in [4.78, 5) is 11.0. The number of benzene rings is 2. The average Bonchev–Trinajstić information content (AvgIpc) is 3.05. The molecule has 3 heterocycles. The van der Waals surface area contributed by atoms with Gasteiger partial charge in [-0.1, -0.05) is 6.07 Å². The van der Waals surface area contributed by atoms with Gasteiger partial charge in [0.25, 0.3) is 0 Å². The minimum atomic E-state index is -1.03. The molecular weight excluding hydrogens is 423 g/mol. The molecule has 1 spiro atoms. The summed E-state index contributed by atoms with van der Waals surface area (Å²) in [5, 5.41) is 10.7. The molecule has 1 saturated heterocycles. The van der Waals surface area contributed by atoms with Crippen molar-refractivity contribution in [3.05, 3.63) is 53.3 Å². The fraction of sp³-hybridized carbons (Fsp3) is 0.440. The Balaban J connectivity index is 1.57. The maximum absolute atomic E-state index is 14.1. The van der Waals surface area contributed by atoms with Crippen molar-refractivity contribution >= 4 is 5.96 Å². The number of hydrogen-bond acceptors (Lipinski definition) is 7. The second kappa shape index (κ2) is 7.72. The SMILES string of the molecule is CN1OC2(CC(C3CCOC(C)(C)C3)Oc3ccc(-c4cc(F)cc(C#N)c4)cc32)N=C1N. The molecule has 5 rings (SSSR count). The van der Waals surface area contributed by atoms with Gasteiger partial charge in [0, 0.05) is 26.0 Å². The van der Waals surface area contributed by atoms with Gasteiger partial charge in [-0.05, 0) is 68.1 Å². The molecule has 8 heteroatoms. The molecule has 0 aromatic heterocycles. The zero-order chi connectivity index (χ0) is 23.4. The third-order valence-electron chi connectivity index (χ3n) is 6.68. The molecule has 0 bridgehead atoms. The van der Waals surface area contributed by atoms with E-state index in [1.54, 1.807) is 13.1 Å². The molecule has 3 atom stereocenters. The van der Waals surface area contributed by atoms with Crippen molar-refractivity contribution in [3.63, 3.8) is 0 Å². The highest BCUT2D eigenvalue weighted by Crippen LogP contribution is 2.49. The molecule has 2 N–H and O–H groups in total. The van der Waals surface area contributed by atoms with Crippen molar-refractivity contribution in [1.82, 2.24) is 5.06 Å². The van der Waals surface area contributed by atoms with E-state index in [0.717, 1.165) is 24.0 Å². The molecule has 7 nitrogen and oxygen atoms in total. The van der Waals surface area contributed by atoms with Gasteiger partial charge in [-0.2, -0.15) is 5.26 Å². The summed E-state index contributed by atoms with van der Waals surface area (Å²) in [7, 11) is 1.73. The maximum Gasteiger partial charge on any atom is 0.221 e. The van der Waals surface area contributed by atoms with E-state index >= 15 is 0 Å². The molecule has 2 aromatic carbocycles. The Hall–Kier alpha value is -3.15. The minimum absolute atomic E-state index is 0.117. The molecule has 0 radical (unpaired) electrons. The number of guanidine groups is 1. The normalized spacial score (nSPS) is 28.1. The summed E-state index contributed by atoms with van der Waals surface area (Å²) in [5.74, 6) is 0.778. The summed E-state index contributed by atoms with van der Waals surface area (Å²) < 4.78 is 26.5. The Morgan fingerprint density at radius 3 is 2.70 bits per heavy atom. The first-order valence-corrected chi connectivity index (χ1v) is 11.1. The van der Waals surface area contributed by atoms with E-state index in [9.17, 15) is 9.65 Å². The van der Waals surface area contributed by atoms with Crippen molar-refractivity contribution < 1.29 is 18.7 Å². The van der Waals surface area contributed by atoms with Crippen molar-refractivity contribution in [3.8, 4) is 22.9 Å². The second-order valence-corrected chi connectivity index (χ2v) is 9.62. The first kappa shape index (κ1) is 21.7. The van der Waals surface area contributed by atoms with Gasteiger partial charge in [0.15, 0.2) is 0 Å². The number of nitriles is 1. The topological polar surface area (TPSA) is 93.1 Å². The Morgan fingerprint density at radius 2 is 2.00 bits per heavy atom. The number of fused-ring (bicyclic) bond motifs is 2. The van der Waals surface area contributed by atoms with Crippen LogP contribution in [0.5, 0.6) is 5.75 Å². The van der Waals surface area contributed by atoms with E-state index in [0.29, 0.717) is 24.3 Å². The fourth-order valence-corrected chi connectivity index (χ4v) is 5.13.